The summed E-state index contributed by atoms with van der Waals surface area (Å²) < 4.78 is 13.7. The number of aliphatic hydroxyl groups is 1. The first-order valence-electron chi connectivity index (χ1n) is 5.96. The third kappa shape index (κ3) is 5.16. The number of nitrogens with zero attached hydrogens (tertiary/aromatic N) is 1. The smallest absolute Gasteiger partial charge is 0.321 e. The SMILES string of the molecule is CCN(CC(C)(C)O)C(=O)Nc1cc(F)ccc1Br. The normalized spacial score (nSPS) is 11.3. The van der Waals surface area contributed by atoms with Crippen molar-refractivity contribution >= 4 is 27.6 Å². The largest absolute Gasteiger partial charge is 0.389 e. The molecule has 0 fully saturated rings. The van der Waals surface area contributed by atoms with Crippen molar-refractivity contribution < 1.29 is 14.3 Å². The molecule has 0 aliphatic carbocycles. The van der Waals surface area contributed by atoms with E-state index in [4.69, 9.17) is 0 Å². The number of nitrogens with one attached hydrogen (secondary N) is 1. The van der Waals surface area contributed by atoms with E-state index in [2.05, 4.69) is 21.2 Å². The van der Waals surface area contributed by atoms with Crippen molar-refractivity contribution in [3.63, 3.8) is 0 Å². The average Bonchev–Trinajstić information content (AvgIpc) is 2.29. The number of urea groups is 1. The molecule has 0 saturated heterocycles. The van der Waals surface area contributed by atoms with Gasteiger partial charge in [-0.1, -0.05) is 0 Å². The molecule has 0 unspecified atom stereocenters. The molecule has 1 aromatic carbocycles. The summed E-state index contributed by atoms with van der Waals surface area (Å²) in [5.74, 6) is -0.427. The second-order valence-electron chi connectivity index (χ2n) is 4.88. The van der Waals surface area contributed by atoms with Crippen LogP contribution in [0.5, 0.6) is 0 Å². The first kappa shape index (κ1) is 15.9. The van der Waals surface area contributed by atoms with Gasteiger partial charge >= 0.3 is 6.03 Å². The molecule has 1 aromatic rings. The van der Waals surface area contributed by atoms with Crippen LogP contribution in [0.25, 0.3) is 0 Å². The Bertz CT molecular complexity index is 460. The lowest BCUT2D eigenvalue weighted by atomic mass is 10.1. The molecule has 0 spiro atoms. The number of benzene rings is 1. The Morgan fingerprint density at radius 3 is 2.68 bits per heavy atom. The van der Waals surface area contributed by atoms with E-state index in [-0.39, 0.29) is 12.6 Å². The fraction of sp³-hybridized carbons (Fsp3) is 0.462. The average molecular weight is 333 g/mol. The summed E-state index contributed by atoms with van der Waals surface area (Å²) >= 11 is 3.24. The Labute approximate surface area is 120 Å². The zero-order valence-corrected chi connectivity index (χ0v) is 12.8. The van der Waals surface area contributed by atoms with Crippen molar-refractivity contribution in [1.82, 2.24) is 4.90 Å². The summed E-state index contributed by atoms with van der Waals surface area (Å²) in [6.45, 7) is 5.71. The van der Waals surface area contributed by atoms with Gasteiger partial charge in [0.1, 0.15) is 5.82 Å². The molecule has 0 aromatic heterocycles. The van der Waals surface area contributed by atoms with Gasteiger partial charge in [0.15, 0.2) is 0 Å². The zero-order chi connectivity index (χ0) is 14.6. The third-order valence-electron chi connectivity index (χ3n) is 2.42. The molecule has 0 bridgehead atoms. The van der Waals surface area contributed by atoms with Gasteiger partial charge in [0.05, 0.1) is 17.8 Å². The number of halogens is 2. The molecule has 4 nitrogen and oxygen atoms in total. The number of hydrogen-bond acceptors (Lipinski definition) is 2. The van der Waals surface area contributed by atoms with E-state index in [1.54, 1.807) is 13.8 Å². The molecular formula is C13H18BrFN2O2. The van der Waals surface area contributed by atoms with Gasteiger partial charge in [-0.25, -0.2) is 9.18 Å². The van der Waals surface area contributed by atoms with E-state index in [9.17, 15) is 14.3 Å². The maximum atomic E-state index is 13.1. The number of rotatable bonds is 4. The minimum Gasteiger partial charge on any atom is -0.389 e. The fourth-order valence-electron chi connectivity index (χ4n) is 1.58. The summed E-state index contributed by atoms with van der Waals surface area (Å²) in [6, 6.07) is 3.68. The van der Waals surface area contributed by atoms with Gasteiger partial charge in [0.25, 0.3) is 0 Å². The van der Waals surface area contributed by atoms with Gasteiger partial charge in [-0.3, -0.25) is 0 Å². The lowest BCUT2D eigenvalue weighted by Crippen LogP contribution is -2.44. The van der Waals surface area contributed by atoms with E-state index in [1.807, 2.05) is 6.92 Å². The van der Waals surface area contributed by atoms with Crippen molar-refractivity contribution in [3.05, 3.63) is 28.5 Å². The monoisotopic (exact) mass is 332 g/mol. The Morgan fingerprint density at radius 2 is 2.16 bits per heavy atom. The van der Waals surface area contributed by atoms with E-state index in [0.717, 1.165) is 0 Å². The molecule has 0 aliphatic heterocycles. The van der Waals surface area contributed by atoms with Gasteiger partial charge in [0.2, 0.25) is 0 Å². The molecule has 0 radical (unpaired) electrons. The molecule has 106 valence electrons. The van der Waals surface area contributed by atoms with Crippen molar-refractivity contribution in [2.24, 2.45) is 0 Å². The van der Waals surface area contributed by atoms with Crippen LogP contribution in [0.4, 0.5) is 14.9 Å². The van der Waals surface area contributed by atoms with Crippen LogP contribution in [-0.2, 0) is 0 Å². The van der Waals surface area contributed by atoms with Crippen LogP contribution in [0.2, 0.25) is 0 Å². The van der Waals surface area contributed by atoms with Crippen LogP contribution in [0.15, 0.2) is 22.7 Å². The summed E-state index contributed by atoms with van der Waals surface area (Å²) in [6.07, 6.45) is 0. The van der Waals surface area contributed by atoms with E-state index < -0.39 is 11.4 Å². The zero-order valence-electron chi connectivity index (χ0n) is 11.2. The maximum absolute atomic E-state index is 13.1. The highest BCUT2D eigenvalue weighted by atomic mass is 79.9. The number of anilines is 1. The summed E-state index contributed by atoms with van der Waals surface area (Å²) in [5.41, 5.74) is -0.619. The van der Waals surface area contributed by atoms with Crippen molar-refractivity contribution in [3.8, 4) is 0 Å². The Kier molecular flexibility index (Phi) is 5.31. The Balaban J connectivity index is 2.80. The van der Waals surface area contributed by atoms with E-state index in [1.165, 1.54) is 23.1 Å². The van der Waals surface area contributed by atoms with Gasteiger partial charge < -0.3 is 15.3 Å². The van der Waals surface area contributed by atoms with Crippen molar-refractivity contribution in [1.29, 1.82) is 0 Å². The van der Waals surface area contributed by atoms with E-state index >= 15 is 0 Å². The second kappa shape index (κ2) is 6.34. The summed E-state index contributed by atoms with van der Waals surface area (Å²) in [5, 5.41) is 12.4. The lowest BCUT2D eigenvalue weighted by molar-refractivity contribution is 0.0501. The number of carbonyl (C=O) groups excluding carboxylic acids is 1. The topological polar surface area (TPSA) is 52.6 Å². The van der Waals surface area contributed by atoms with Gasteiger partial charge in [-0.2, -0.15) is 0 Å². The van der Waals surface area contributed by atoms with Crippen LogP contribution in [0, 0.1) is 5.82 Å². The molecule has 19 heavy (non-hydrogen) atoms. The first-order chi connectivity index (χ1) is 8.73. The Morgan fingerprint density at radius 1 is 1.53 bits per heavy atom. The molecule has 0 aliphatic rings. The summed E-state index contributed by atoms with van der Waals surface area (Å²) in [7, 11) is 0. The van der Waals surface area contributed by atoms with Crippen LogP contribution < -0.4 is 5.32 Å². The summed E-state index contributed by atoms with van der Waals surface area (Å²) in [4.78, 5) is 13.5. The molecule has 6 heteroatoms. The highest BCUT2D eigenvalue weighted by Crippen LogP contribution is 2.23. The Hall–Kier alpha value is -1.14. The molecule has 1 rings (SSSR count). The maximum Gasteiger partial charge on any atom is 0.321 e. The van der Waals surface area contributed by atoms with Gasteiger partial charge in [0, 0.05) is 11.0 Å². The van der Waals surface area contributed by atoms with Gasteiger partial charge in [-0.15, -0.1) is 0 Å². The van der Waals surface area contributed by atoms with Crippen molar-refractivity contribution in [2.75, 3.05) is 18.4 Å². The van der Waals surface area contributed by atoms with Crippen molar-refractivity contribution in [2.45, 2.75) is 26.4 Å². The molecule has 0 atom stereocenters. The number of amides is 2. The minimum absolute atomic E-state index is 0.197. The molecule has 2 amide bonds. The van der Waals surface area contributed by atoms with Crippen LogP contribution in [0.1, 0.15) is 20.8 Å². The number of likely N-dealkylation sites (N-methyl/N-ethyl adjacent to an activating group) is 1. The number of carbonyl (C=O) groups is 1. The van der Waals surface area contributed by atoms with E-state index in [0.29, 0.717) is 16.7 Å². The standard InChI is InChI=1S/C13H18BrFN2O2/c1-4-17(8-13(2,3)19)12(18)16-11-7-9(15)5-6-10(11)14/h5-7,19H,4,8H2,1-3H3,(H,16,18). The minimum atomic E-state index is -0.980. The molecule has 2 N–H and O–H groups in total. The highest BCUT2D eigenvalue weighted by Gasteiger charge is 2.21. The quantitative estimate of drug-likeness (QED) is 0.889. The second-order valence-corrected chi connectivity index (χ2v) is 5.74. The predicted molar refractivity (Wildman–Crippen MR) is 76.7 cm³/mol. The molecule has 0 saturated carbocycles. The fourth-order valence-corrected chi connectivity index (χ4v) is 1.93. The predicted octanol–water partition coefficient (Wildman–Crippen LogP) is 3.21. The molecule has 0 heterocycles. The van der Waals surface area contributed by atoms with Crippen LogP contribution in [0.3, 0.4) is 0 Å². The number of hydrogen-bond donors (Lipinski definition) is 2. The van der Waals surface area contributed by atoms with Gasteiger partial charge in [-0.05, 0) is 54.9 Å². The first-order valence-corrected chi connectivity index (χ1v) is 6.75. The third-order valence-corrected chi connectivity index (χ3v) is 3.11. The van der Waals surface area contributed by atoms with Crippen LogP contribution >= 0.6 is 15.9 Å². The lowest BCUT2D eigenvalue weighted by Gasteiger charge is -2.28. The highest BCUT2D eigenvalue weighted by molar-refractivity contribution is 9.10. The van der Waals surface area contributed by atoms with Crippen LogP contribution in [-0.4, -0.2) is 34.7 Å². The molecular weight excluding hydrogens is 315 g/mol.